The zero-order chi connectivity index (χ0) is 28.5. The average Bonchev–Trinajstić information content (AvgIpc) is 3.59. The summed E-state index contributed by atoms with van der Waals surface area (Å²) in [5.41, 5.74) is 3.28. The van der Waals surface area contributed by atoms with Gasteiger partial charge in [-0.15, -0.1) is 0 Å². The van der Waals surface area contributed by atoms with Crippen LogP contribution >= 0.6 is 11.8 Å². The van der Waals surface area contributed by atoms with Crippen LogP contribution in [0.25, 0.3) is 16.6 Å². The summed E-state index contributed by atoms with van der Waals surface area (Å²) in [6, 6.07) is 14.6. The lowest BCUT2D eigenvalue weighted by atomic mass is 10.1. The van der Waals surface area contributed by atoms with Crippen LogP contribution in [-0.2, 0) is 9.22 Å². The molecule has 0 N–H and O–H groups in total. The van der Waals surface area contributed by atoms with Crippen molar-refractivity contribution in [1.82, 2.24) is 24.3 Å². The van der Waals surface area contributed by atoms with Gasteiger partial charge in [-0.2, -0.15) is 15.5 Å². The van der Waals surface area contributed by atoms with Gasteiger partial charge in [0, 0.05) is 46.4 Å². The van der Waals surface area contributed by atoms with Gasteiger partial charge in [0.2, 0.25) is 5.91 Å². The van der Waals surface area contributed by atoms with E-state index in [1.165, 1.54) is 0 Å². The summed E-state index contributed by atoms with van der Waals surface area (Å²) < 4.78 is 9.97. The molecule has 1 aliphatic heterocycles. The van der Waals surface area contributed by atoms with Gasteiger partial charge in [0.25, 0.3) is 0 Å². The summed E-state index contributed by atoms with van der Waals surface area (Å²) in [6.45, 7) is 12.4. The van der Waals surface area contributed by atoms with Crippen LogP contribution in [0.1, 0.15) is 45.2 Å². The summed E-state index contributed by atoms with van der Waals surface area (Å²) in [7, 11) is -1.99. The third-order valence-electron chi connectivity index (χ3n) is 8.09. The Morgan fingerprint density at radius 2 is 1.93 bits per heavy atom. The first-order valence-electron chi connectivity index (χ1n) is 13.7. The molecule has 0 aliphatic carbocycles. The fraction of sp³-hybridized carbons (Fsp3) is 0.400. The summed E-state index contributed by atoms with van der Waals surface area (Å²) in [4.78, 5) is 17.0. The minimum atomic E-state index is -1.99. The maximum atomic E-state index is 13.1. The molecule has 1 unspecified atom stereocenters. The number of aromatic nitrogens is 4. The van der Waals surface area contributed by atoms with E-state index in [1.54, 1.807) is 22.5 Å². The smallest absolute Gasteiger partial charge is 0.247 e. The van der Waals surface area contributed by atoms with Crippen molar-refractivity contribution in [3.63, 3.8) is 0 Å². The van der Waals surface area contributed by atoms with Gasteiger partial charge in [-0.1, -0.05) is 50.7 Å². The van der Waals surface area contributed by atoms with Crippen LogP contribution in [-0.4, -0.2) is 58.2 Å². The Balaban J connectivity index is 1.35. The van der Waals surface area contributed by atoms with E-state index in [2.05, 4.69) is 69.4 Å². The number of fused-ring (bicyclic) bond motifs is 1. The Morgan fingerprint density at radius 3 is 2.65 bits per heavy atom. The van der Waals surface area contributed by atoms with E-state index in [0.29, 0.717) is 12.1 Å². The zero-order valence-electron chi connectivity index (χ0n) is 23.8. The number of pyridine rings is 1. The Bertz CT molecular complexity index is 1550. The molecule has 208 valence electrons. The molecule has 8 nitrogen and oxygen atoms in total. The minimum absolute atomic E-state index is 0.0573. The van der Waals surface area contributed by atoms with Crippen LogP contribution in [0.2, 0.25) is 18.1 Å². The highest BCUT2D eigenvalue weighted by atomic mass is 32.2. The molecule has 4 heterocycles. The van der Waals surface area contributed by atoms with Gasteiger partial charge >= 0.3 is 0 Å². The molecule has 1 aromatic carbocycles. The molecule has 0 bridgehead atoms. The van der Waals surface area contributed by atoms with Crippen LogP contribution in [0, 0.1) is 11.3 Å². The normalized spacial score (nSPS) is 16.3. The van der Waals surface area contributed by atoms with Gasteiger partial charge in [-0.25, -0.2) is 4.52 Å². The number of carbonyl (C=O) groups is 1. The first kappa shape index (κ1) is 28.1. The van der Waals surface area contributed by atoms with Crippen molar-refractivity contribution in [2.24, 2.45) is 0 Å². The molecule has 4 aromatic rings. The number of rotatable bonds is 7. The number of hydrogen-bond donors (Lipinski definition) is 0. The molecule has 0 spiro atoms. The molecular formula is C30H36N6O2SSi. The molecule has 1 aliphatic rings. The second-order valence-electron chi connectivity index (χ2n) is 11.9. The Morgan fingerprint density at radius 1 is 1.15 bits per heavy atom. The molecule has 3 aromatic heterocycles. The standard InChI is InChI=1S/C30H36N6O2SSi/c1-30(2,3)40(4,5)38-21-28(37)34-13-9-10-25(20-34)35-19-24(17-32-35)22-14-27(39-26-11-7-6-8-12-26)29-23(15-31)16-33-36(29)18-22/h6-8,11-12,14,16-19,25H,9-10,13,20-21H2,1-5H3. The maximum Gasteiger partial charge on any atom is 0.247 e. The second-order valence-corrected chi connectivity index (χ2v) is 17.8. The van der Waals surface area contributed by atoms with E-state index >= 15 is 0 Å². The molecule has 0 saturated carbocycles. The summed E-state index contributed by atoms with van der Waals surface area (Å²) in [6.07, 6.45) is 9.37. The van der Waals surface area contributed by atoms with Crippen molar-refractivity contribution in [3.8, 4) is 17.2 Å². The number of carbonyl (C=O) groups excluding carboxylic acids is 1. The number of benzene rings is 1. The van der Waals surface area contributed by atoms with Gasteiger partial charge in [0.1, 0.15) is 12.7 Å². The lowest BCUT2D eigenvalue weighted by molar-refractivity contribution is -0.135. The molecule has 10 heteroatoms. The topological polar surface area (TPSA) is 88.5 Å². The van der Waals surface area contributed by atoms with E-state index in [1.807, 2.05) is 40.2 Å². The van der Waals surface area contributed by atoms with Crippen LogP contribution in [0.5, 0.6) is 0 Å². The van der Waals surface area contributed by atoms with Crippen molar-refractivity contribution in [2.45, 2.75) is 67.6 Å². The van der Waals surface area contributed by atoms with Crippen LogP contribution in [0.15, 0.2) is 71.0 Å². The zero-order valence-corrected chi connectivity index (χ0v) is 25.6. The van der Waals surface area contributed by atoms with E-state index in [0.717, 1.165) is 45.8 Å². The summed E-state index contributed by atoms with van der Waals surface area (Å²) >= 11 is 1.61. The van der Waals surface area contributed by atoms with Crippen LogP contribution < -0.4 is 0 Å². The SMILES string of the molecule is CC(C)(C)[Si](C)(C)OCC(=O)N1CCCC(n2cc(-c3cc(Sc4ccccc4)c4c(C#N)cnn4c3)cn2)C1. The number of nitriles is 1. The Hall–Kier alpha value is -3.39. The number of likely N-dealkylation sites (tertiary alicyclic amines) is 1. The molecule has 1 fully saturated rings. The van der Waals surface area contributed by atoms with Gasteiger partial charge in [-0.05, 0) is 49.2 Å². The maximum absolute atomic E-state index is 13.1. The van der Waals surface area contributed by atoms with Crippen molar-refractivity contribution in [2.75, 3.05) is 19.7 Å². The molecule has 1 atom stereocenters. The Labute approximate surface area is 241 Å². The third-order valence-corrected chi connectivity index (χ3v) is 13.6. The van der Waals surface area contributed by atoms with Crippen molar-refractivity contribution >= 4 is 31.5 Å². The predicted octanol–water partition coefficient (Wildman–Crippen LogP) is 6.41. The number of hydrogen-bond acceptors (Lipinski definition) is 6. The largest absolute Gasteiger partial charge is 0.408 e. The van der Waals surface area contributed by atoms with Crippen molar-refractivity contribution in [3.05, 3.63) is 66.7 Å². The molecule has 1 amide bonds. The average molecular weight is 573 g/mol. The Kier molecular flexibility index (Phi) is 7.91. The second kappa shape index (κ2) is 11.2. The molecule has 1 saturated heterocycles. The van der Waals surface area contributed by atoms with Gasteiger partial charge in [0.05, 0.1) is 29.5 Å². The number of amides is 1. The first-order valence-corrected chi connectivity index (χ1v) is 17.4. The van der Waals surface area contributed by atoms with Gasteiger partial charge in [0.15, 0.2) is 8.32 Å². The van der Waals surface area contributed by atoms with E-state index < -0.39 is 8.32 Å². The lowest BCUT2D eigenvalue weighted by Crippen LogP contribution is -2.47. The summed E-state index contributed by atoms with van der Waals surface area (Å²) in [5, 5.41) is 18.9. The number of nitrogens with zero attached hydrogens (tertiary/aromatic N) is 6. The highest BCUT2D eigenvalue weighted by Gasteiger charge is 2.38. The quantitative estimate of drug-likeness (QED) is 0.238. The predicted molar refractivity (Wildman–Crippen MR) is 160 cm³/mol. The van der Waals surface area contributed by atoms with Crippen molar-refractivity contribution in [1.29, 1.82) is 5.26 Å². The highest BCUT2D eigenvalue weighted by Crippen LogP contribution is 2.37. The molecule has 0 radical (unpaired) electrons. The van der Waals surface area contributed by atoms with Crippen LogP contribution in [0.4, 0.5) is 0 Å². The van der Waals surface area contributed by atoms with E-state index in [9.17, 15) is 10.1 Å². The van der Waals surface area contributed by atoms with Gasteiger partial charge in [-0.3, -0.25) is 9.48 Å². The van der Waals surface area contributed by atoms with Crippen LogP contribution in [0.3, 0.4) is 0 Å². The molecular weight excluding hydrogens is 537 g/mol. The fourth-order valence-corrected chi connectivity index (χ4v) is 6.60. The monoisotopic (exact) mass is 572 g/mol. The first-order chi connectivity index (χ1) is 19.1. The van der Waals surface area contributed by atoms with Gasteiger partial charge < -0.3 is 9.33 Å². The molecule has 40 heavy (non-hydrogen) atoms. The highest BCUT2D eigenvalue weighted by molar-refractivity contribution is 7.99. The fourth-order valence-electron chi connectivity index (χ4n) is 4.65. The number of piperidine rings is 1. The van der Waals surface area contributed by atoms with E-state index in [-0.39, 0.29) is 23.6 Å². The van der Waals surface area contributed by atoms with E-state index in [4.69, 9.17) is 9.52 Å². The third kappa shape index (κ3) is 5.87. The molecule has 5 rings (SSSR count). The summed E-state index contributed by atoms with van der Waals surface area (Å²) in [5.74, 6) is 0.0573. The minimum Gasteiger partial charge on any atom is -0.408 e. The lowest BCUT2D eigenvalue weighted by Gasteiger charge is -2.37. The van der Waals surface area contributed by atoms with Crippen molar-refractivity contribution < 1.29 is 9.22 Å².